The van der Waals surface area contributed by atoms with Gasteiger partial charge in [0.2, 0.25) is 0 Å². The summed E-state index contributed by atoms with van der Waals surface area (Å²) >= 11 is 0. The van der Waals surface area contributed by atoms with E-state index in [0.29, 0.717) is 43.1 Å². The maximum absolute atomic E-state index is 13.4. The maximum atomic E-state index is 13.4. The molecule has 0 saturated carbocycles. The number of aryl methyl sites for hydroxylation is 1. The smallest absolute Gasteiger partial charge is 0.168 e. The van der Waals surface area contributed by atoms with Crippen LogP contribution in [-0.4, -0.2) is 64.6 Å². The number of ether oxygens (including phenoxy) is 2. The largest absolute Gasteiger partial charge is 0.508 e. The molecule has 5 rings (SSSR count). The van der Waals surface area contributed by atoms with Crippen LogP contribution in [0.3, 0.4) is 0 Å². The molecule has 0 aromatic heterocycles. The van der Waals surface area contributed by atoms with Gasteiger partial charge in [0.05, 0.1) is 26.0 Å². The highest BCUT2D eigenvalue weighted by Gasteiger charge is 2.23. The van der Waals surface area contributed by atoms with Crippen LogP contribution < -0.4 is 10.1 Å². The van der Waals surface area contributed by atoms with Crippen molar-refractivity contribution in [3.63, 3.8) is 0 Å². The van der Waals surface area contributed by atoms with E-state index in [9.17, 15) is 25.2 Å². The van der Waals surface area contributed by atoms with Crippen LogP contribution in [-0.2, 0) is 28.1 Å². The Bertz CT molecular complexity index is 1650. The molecule has 0 spiro atoms. The number of Topliss-reactive ketones (excluding diaryl/α,β-unsaturated/α-hetero) is 1. The molecule has 4 aromatic rings. The van der Waals surface area contributed by atoms with Gasteiger partial charge in [0.25, 0.3) is 0 Å². The summed E-state index contributed by atoms with van der Waals surface area (Å²) in [4.78, 5) is 13.4. The summed E-state index contributed by atoms with van der Waals surface area (Å²) in [5.41, 5.74) is 4.48. The van der Waals surface area contributed by atoms with Gasteiger partial charge in [-0.3, -0.25) is 10.1 Å². The molecule has 244 valence electrons. The molecule has 1 heterocycles. The quantitative estimate of drug-likeness (QED) is 0.0825. The number of hydrogen-bond acceptors (Lipinski definition) is 10. The number of aliphatic hydroxyl groups is 1. The van der Waals surface area contributed by atoms with E-state index in [4.69, 9.17) is 9.47 Å². The highest BCUT2D eigenvalue weighted by Crippen LogP contribution is 2.45. The monoisotopic (exact) mass is 663 g/mol. The fraction of sp³-hybridized carbons (Fsp3) is 0.361. The van der Waals surface area contributed by atoms with Crippen LogP contribution in [0.4, 0.5) is 0 Å². The van der Waals surface area contributed by atoms with Crippen molar-refractivity contribution in [3.8, 4) is 34.1 Å². The molecule has 1 aliphatic rings. The molecule has 0 saturated heterocycles. The van der Waals surface area contributed by atoms with Crippen LogP contribution in [0.1, 0.15) is 42.4 Å². The number of ketones is 1. The molecule has 0 fully saturated rings. The van der Waals surface area contributed by atoms with Crippen LogP contribution in [0, 0.1) is 0 Å². The number of rotatable bonds is 7. The molecular formula is C36H41NO7S2. The lowest BCUT2D eigenvalue weighted by molar-refractivity contribution is -0.122. The lowest BCUT2D eigenvalue weighted by Gasteiger charge is -2.22. The molecule has 2 atom stereocenters. The number of aliphatic hydroxyl groups excluding tert-OH is 1. The van der Waals surface area contributed by atoms with Gasteiger partial charge >= 0.3 is 0 Å². The number of fused-ring (bicyclic) bond motifs is 5. The third-order valence-electron chi connectivity index (χ3n) is 8.23. The van der Waals surface area contributed by atoms with Gasteiger partial charge in [-0.2, -0.15) is 0 Å². The zero-order chi connectivity index (χ0) is 32.5. The molecule has 4 aromatic carbocycles. The summed E-state index contributed by atoms with van der Waals surface area (Å²) in [5.74, 6) is 1.92. The normalized spacial score (nSPS) is 18.2. The second-order valence-electron chi connectivity index (χ2n) is 11.5. The van der Waals surface area contributed by atoms with Gasteiger partial charge in [-0.05, 0) is 89.0 Å². The number of nitrogens with one attached hydrogen (secondary N) is 1. The second-order valence-corrected chi connectivity index (χ2v) is 14.0. The predicted octanol–water partition coefficient (Wildman–Crippen LogP) is 6.74. The molecule has 46 heavy (non-hydrogen) atoms. The fourth-order valence-corrected chi connectivity index (χ4v) is 8.13. The van der Waals surface area contributed by atoms with E-state index in [2.05, 4.69) is 5.32 Å². The van der Waals surface area contributed by atoms with Crippen molar-refractivity contribution in [1.82, 2.24) is 5.32 Å². The third-order valence-corrected chi connectivity index (χ3v) is 10.6. The Kier molecular flexibility index (Phi) is 12.1. The number of carbonyl (C=O) groups excluding carboxylic acids is 1. The number of hydrogen-bond donors (Lipinski definition) is 5. The molecule has 10 heteroatoms. The van der Waals surface area contributed by atoms with Gasteiger partial charge in [0.1, 0.15) is 17.3 Å². The summed E-state index contributed by atoms with van der Waals surface area (Å²) < 4.78 is 11.8. The van der Waals surface area contributed by atoms with Crippen LogP contribution in [0.25, 0.3) is 21.9 Å². The Hall–Kier alpha value is -3.41. The van der Waals surface area contributed by atoms with E-state index < -0.39 is 6.10 Å². The number of aromatic hydroxyl groups is 3. The summed E-state index contributed by atoms with van der Waals surface area (Å²) in [6.45, 7) is 0.930. The van der Waals surface area contributed by atoms with Crippen molar-refractivity contribution >= 4 is 38.1 Å². The van der Waals surface area contributed by atoms with Gasteiger partial charge in [-0.15, -0.1) is 0 Å². The van der Waals surface area contributed by atoms with Gasteiger partial charge in [0.15, 0.2) is 11.5 Å². The summed E-state index contributed by atoms with van der Waals surface area (Å²) in [5, 5.41) is 46.8. The van der Waals surface area contributed by atoms with Crippen LogP contribution in [0.5, 0.6) is 23.0 Å². The van der Waals surface area contributed by atoms with Crippen LogP contribution in [0.2, 0.25) is 0 Å². The highest BCUT2D eigenvalue weighted by molar-refractivity contribution is 8.76. The maximum Gasteiger partial charge on any atom is 0.168 e. The van der Waals surface area contributed by atoms with Crippen molar-refractivity contribution < 1.29 is 34.7 Å². The van der Waals surface area contributed by atoms with E-state index in [0.717, 1.165) is 45.0 Å². The molecule has 0 aliphatic carbocycles. The summed E-state index contributed by atoms with van der Waals surface area (Å²) in [6.07, 6.45) is 1.86. The molecule has 2 unspecified atom stereocenters. The fourth-order valence-electron chi connectivity index (χ4n) is 5.84. The number of phenols is 3. The first kappa shape index (κ1) is 33.9. The molecule has 5 N–H and O–H groups in total. The Morgan fingerprint density at radius 3 is 2.59 bits per heavy atom. The number of methoxy groups -OCH3 is 1. The Morgan fingerprint density at radius 1 is 0.935 bits per heavy atom. The van der Waals surface area contributed by atoms with Crippen LogP contribution in [0.15, 0.2) is 66.7 Å². The van der Waals surface area contributed by atoms with Gasteiger partial charge in [-0.25, -0.2) is 0 Å². The van der Waals surface area contributed by atoms with Gasteiger partial charge in [0, 0.05) is 36.5 Å². The minimum Gasteiger partial charge on any atom is -0.508 e. The number of carbonyl (C=O) groups is 1. The van der Waals surface area contributed by atoms with E-state index in [1.54, 1.807) is 51.9 Å². The molecule has 0 amide bonds. The first-order valence-corrected chi connectivity index (χ1v) is 18.0. The van der Waals surface area contributed by atoms with Gasteiger partial charge in [-0.1, -0.05) is 58.0 Å². The molecule has 8 nitrogen and oxygen atoms in total. The average Bonchev–Trinajstić information content (AvgIpc) is 3.04. The molecule has 1 aliphatic heterocycles. The number of benzene rings is 4. The van der Waals surface area contributed by atoms with Crippen molar-refractivity contribution in [1.29, 1.82) is 0 Å². The van der Waals surface area contributed by atoms with E-state index in [-0.39, 0.29) is 48.7 Å². The van der Waals surface area contributed by atoms with E-state index >= 15 is 0 Å². The van der Waals surface area contributed by atoms with E-state index in [1.165, 1.54) is 7.11 Å². The second kappa shape index (κ2) is 16.4. The Labute approximate surface area is 277 Å². The molecular weight excluding hydrogens is 623 g/mol. The van der Waals surface area contributed by atoms with Gasteiger partial charge < -0.3 is 29.9 Å². The highest BCUT2D eigenvalue weighted by atomic mass is 33.1. The standard InChI is InChI=1S/C36H41NO7S2/c1-43-36-34(42)14-8-25-6-10-27(39)18-30(44-22-37-16-15-23-3-2-4-26(38)17-23)12-11-29(41)20-45-46-21-33-31(35(25)36)13-7-24-5-9-28(40)19-32(24)33/h2-5,7-9,13-14,17,19,29-30,37-38,40-42H,6,10-12,15-16,18,20-22H2,1H3. The minimum absolute atomic E-state index is 0.0131. The topological polar surface area (TPSA) is 128 Å². The SMILES string of the molecule is COc1c(O)ccc2c1-c1ccc3ccc(O)cc3c1CSSCC(O)CCC(OCNCCc1cccc(O)c1)CC(=O)CC2. The van der Waals surface area contributed by atoms with Crippen molar-refractivity contribution in [3.05, 3.63) is 83.4 Å². The third kappa shape index (κ3) is 8.89. The average molecular weight is 664 g/mol. The molecule has 0 radical (unpaired) electrons. The van der Waals surface area contributed by atoms with Crippen molar-refractivity contribution in [2.45, 2.75) is 56.5 Å². The van der Waals surface area contributed by atoms with Crippen molar-refractivity contribution in [2.75, 3.05) is 26.1 Å². The predicted molar refractivity (Wildman–Crippen MR) is 186 cm³/mol. The first-order chi connectivity index (χ1) is 22.3. The zero-order valence-electron chi connectivity index (χ0n) is 25.9. The lowest BCUT2D eigenvalue weighted by atomic mass is 9.89. The summed E-state index contributed by atoms with van der Waals surface area (Å²) in [6, 6.07) is 19.9. The number of phenolic OH excluding ortho intramolecular Hbond substituents is 3. The summed E-state index contributed by atoms with van der Waals surface area (Å²) in [7, 11) is 4.73. The van der Waals surface area contributed by atoms with E-state index in [1.807, 2.05) is 36.4 Å². The molecule has 0 bridgehead atoms. The van der Waals surface area contributed by atoms with Crippen LogP contribution >= 0.6 is 21.6 Å². The first-order valence-electron chi connectivity index (χ1n) is 15.5. The zero-order valence-corrected chi connectivity index (χ0v) is 27.5. The minimum atomic E-state index is -0.556. The Morgan fingerprint density at radius 2 is 1.76 bits per heavy atom. The Balaban J connectivity index is 1.36. The van der Waals surface area contributed by atoms with Crippen molar-refractivity contribution in [2.24, 2.45) is 0 Å². The lowest BCUT2D eigenvalue weighted by Crippen LogP contribution is -2.28.